The summed E-state index contributed by atoms with van der Waals surface area (Å²) in [5.41, 5.74) is 0.592. The molecule has 2 aliphatic rings. The van der Waals surface area contributed by atoms with E-state index >= 15 is 0 Å². The molecule has 2 atom stereocenters. The number of carbonyl (C=O) groups excluding carboxylic acids is 1. The number of hydrogen-bond donors (Lipinski definition) is 1. The summed E-state index contributed by atoms with van der Waals surface area (Å²) >= 11 is 11.0. The number of carbonyl (C=O) groups is 2. The molecule has 1 aromatic rings. The third-order valence-electron chi connectivity index (χ3n) is 4.24. The van der Waals surface area contributed by atoms with Crippen molar-refractivity contribution in [3.05, 3.63) is 27.7 Å². The number of hydrogen-bond acceptors (Lipinski definition) is 5. The van der Waals surface area contributed by atoms with Crippen molar-refractivity contribution in [1.82, 2.24) is 0 Å². The maximum atomic E-state index is 12.2. The van der Waals surface area contributed by atoms with E-state index in [0.717, 1.165) is 4.47 Å². The van der Waals surface area contributed by atoms with E-state index in [2.05, 4.69) is 20.9 Å². The Hall–Kier alpha value is -1.10. The average Bonchev–Trinajstić information content (AvgIpc) is 2.98. The maximum absolute atomic E-state index is 12.2. The highest BCUT2D eigenvalue weighted by Gasteiger charge is 2.49. The molecular weight excluding hydrogens is 480 g/mol. The predicted molar refractivity (Wildman–Crippen MR) is 109 cm³/mol. The van der Waals surface area contributed by atoms with Crippen LogP contribution in [0.15, 0.2) is 27.7 Å². The van der Waals surface area contributed by atoms with Gasteiger partial charge in [-0.25, -0.2) is 8.42 Å². The minimum atomic E-state index is -3.16. The summed E-state index contributed by atoms with van der Waals surface area (Å²) < 4.78 is 24.9. The van der Waals surface area contributed by atoms with E-state index in [0.29, 0.717) is 15.9 Å². The second kappa shape index (κ2) is 8.10. The highest BCUT2D eigenvalue weighted by Crippen LogP contribution is 2.43. The van der Waals surface area contributed by atoms with Crippen molar-refractivity contribution in [2.75, 3.05) is 16.4 Å². The molecule has 1 N–H and O–H groups in total. The third-order valence-corrected chi connectivity index (χ3v) is 8.24. The van der Waals surface area contributed by atoms with Crippen LogP contribution in [0.5, 0.6) is 0 Å². The molecule has 27 heavy (non-hydrogen) atoms. The SMILES string of the molecule is O=C(O)CCCC(=O)N=C1S[C@@H]2CS(=O)(=O)C[C@@H]2N1c1ccc(Br)cc1Cl. The first-order valence-corrected chi connectivity index (χ1v) is 12.0. The van der Waals surface area contributed by atoms with Gasteiger partial charge in [-0.1, -0.05) is 39.3 Å². The molecule has 2 saturated heterocycles. The Balaban J connectivity index is 1.89. The lowest BCUT2D eigenvalue weighted by Gasteiger charge is -2.25. The largest absolute Gasteiger partial charge is 0.481 e. The molecule has 1 amide bonds. The van der Waals surface area contributed by atoms with E-state index in [4.69, 9.17) is 16.7 Å². The van der Waals surface area contributed by atoms with E-state index in [1.165, 1.54) is 11.8 Å². The van der Waals surface area contributed by atoms with E-state index in [9.17, 15) is 18.0 Å². The van der Waals surface area contributed by atoms with Gasteiger partial charge in [0, 0.05) is 22.6 Å². The smallest absolute Gasteiger partial charge is 0.303 e. The molecule has 146 valence electrons. The number of rotatable bonds is 5. The lowest BCUT2D eigenvalue weighted by Crippen LogP contribution is -2.37. The van der Waals surface area contributed by atoms with E-state index < -0.39 is 21.7 Å². The van der Waals surface area contributed by atoms with Gasteiger partial charge in [0.05, 0.1) is 28.3 Å². The standard InChI is InChI=1S/C16H16BrClN2O5S2/c17-9-4-5-11(10(18)6-9)20-12-7-27(24,25)8-13(12)26-16(20)19-14(21)2-1-3-15(22)23/h4-6,12-13H,1-3,7-8H2,(H,22,23)/t12-,13+/m0/s1. The van der Waals surface area contributed by atoms with Crippen LogP contribution in [-0.2, 0) is 19.4 Å². The fourth-order valence-electron chi connectivity index (χ4n) is 3.08. The Kier molecular flexibility index (Phi) is 6.19. The molecule has 11 heteroatoms. The minimum absolute atomic E-state index is 0.0197. The van der Waals surface area contributed by atoms with Crippen LogP contribution in [0.4, 0.5) is 5.69 Å². The van der Waals surface area contributed by atoms with Crippen LogP contribution >= 0.6 is 39.3 Å². The molecule has 0 bridgehead atoms. The lowest BCUT2D eigenvalue weighted by atomic mass is 10.2. The van der Waals surface area contributed by atoms with Gasteiger partial charge in [0.25, 0.3) is 0 Å². The van der Waals surface area contributed by atoms with Gasteiger partial charge in [-0.2, -0.15) is 4.99 Å². The number of carboxylic acids is 1. The number of benzene rings is 1. The zero-order valence-corrected chi connectivity index (χ0v) is 17.9. The number of carboxylic acid groups (broad SMARTS) is 1. The topological polar surface area (TPSA) is 104 Å². The van der Waals surface area contributed by atoms with Gasteiger partial charge in [-0.3, -0.25) is 9.59 Å². The second-order valence-electron chi connectivity index (χ2n) is 6.30. The van der Waals surface area contributed by atoms with Crippen LogP contribution in [0.25, 0.3) is 0 Å². The molecule has 1 aromatic carbocycles. The highest BCUT2D eigenvalue weighted by molar-refractivity contribution is 9.10. The van der Waals surface area contributed by atoms with Gasteiger partial charge in [0.15, 0.2) is 15.0 Å². The fourth-order valence-corrected chi connectivity index (χ4v) is 7.76. The first kappa shape index (κ1) is 20.6. The highest BCUT2D eigenvalue weighted by atomic mass is 79.9. The summed E-state index contributed by atoms with van der Waals surface area (Å²) in [5, 5.41) is 9.28. The van der Waals surface area contributed by atoms with Crippen molar-refractivity contribution in [3.8, 4) is 0 Å². The molecule has 3 rings (SSSR count). The molecule has 0 unspecified atom stereocenters. The number of fused-ring (bicyclic) bond motifs is 1. The van der Waals surface area contributed by atoms with Crippen LogP contribution in [0.1, 0.15) is 19.3 Å². The molecule has 0 aliphatic carbocycles. The third kappa shape index (κ3) is 4.85. The quantitative estimate of drug-likeness (QED) is 0.669. The van der Waals surface area contributed by atoms with E-state index in [-0.39, 0.29) is 42.1 Å². The van der Waals surface area contributed by atoms with Crippen LogP contribution < -0.4 is 4.90 Å². The molecular formula is C16H16BrClN2O5S2. The summed E-state index contributed by atoms with van der Waals surface area (Å²) in [4.78, 5) is 28.6. The Morgan fingerprint density at radius 3 is 2.74 bits per heavy atom. The molecule has 2 heterocycles. The number of amides is 1. The number of nitrogens with zero attached hydrogens (tertiary/aromatic N) is 2. The van der Waals surface area contributed by atoms with Crippen LogP contribution in [0.3, 0.4) is 0 Å². The average molecular weight is 496 g/mol. The molecule has 0 radical (unpaired) electrons. The molecule has 7 nitrogen and oxygen atoms in total. The monoisotopic (exact) mass is 494 g/mol. The van der Waals surface area contributed by atoms with Gasteiger partial charge in [-0.05, 0) is 24.6 Å². The number of aliphatic imine (C=N–C) groups is 1. The molecule has 2 fully saturated rings. The zero-order valence-electron chi connectivity index (χ0n) is 14.0. The van der Waals surface area contributed by atoms with E-state index in [1.807, 2.05) is 0 Å². The number of amidine groups is 1. The minimum Gasteiger partial charge on any atom is -0.481 e. The molecule has 2 aliphatic heterocycles. The predicted octanol–water partition coefficient (Wildman–Crippen LogP) is 2.96. The van der Waals surface area contributed by atoms with Gasteiger partial charge in [-0.15, -0.1) is 0 Å². The number of thioether (sulfide) groups is 1. The van der Waals surface area contributed by atoms with Crippen LogP contribution in [0.2, 0.25) is 5.02 Å². The number of halogens is 2. The number of aliphatic carboxylic acids is 1. The van der Waals surface area contributed by atoms with Gasteiger partial charge in [0.1, 0.15) is 0 Å². The molecule has 0 saturated carbocycles. The van der Waals surface area contributed by atoms with Crippen LogP contribution in [0, 0.1) is 0 Å². The summed E-state index contributed by atoms with van der Waals surface area (Å²) in [5.74, 6) is -1.39. The van der Waals surface area contributed by atoms with Gasteiger partial charge < -0.3 is 10.0 Å². The summed E-state index contributed by atoms with van der Waals surface area (Å²) in [6, 6.07) is 4.90. The van der Waals surface area contributed by atoms with Crippen molar-refractivity contribution in [3.63, 3.8) is 0 Å². The van der Waals surface area contributed by atoms with Crippen molar-refractivity contribution < 1.29 is 23.1 Å². The molecule has 0 aromatic heterocycles. The number of anilines is 1. The Morgan fingerprint density at radius 1 is 1.33 bits per heavy atom. The van der Waals surface area contributed by atoms with Crippen molar-refractivity contribution in [2.24, 2.45) is 4.99 Å². The Labute approximate surface area is 174 Å². The maximum Gasteiger partial charge on any atom is 0.303 e. The first-order chi connectivity index (χ1) is 12.7. The van der Waals surface area contributed by atoms with Crippen molar-refractivity contribution >= 4 is 71.9 Å². The lowest BCUT2D eigenvalue weighted by molar-refractivity contribution is -0.137. The van der Waals surface area contributed by atoms with E-state index in [1.54, 1.807) is 23.1 Å². The number of sulfone groups is 1. The zero-order chi connectivity index (χ0) is 19.8. The Morgan fingerprint density at radius 2 is 2.07 bits per heavy atom. The van der Waals surface area contributed by atoms with Crippen molar-refractivity contribution in [2.45, 2.75) is 30.6 Å². The Bertz CT molecular complexity index is 921. The molecule has 0 spiro atoms. The van der Waals surface area contributed by atoms with Gasteiger partial charge >= 0.3 is 5.97 Å². The van der Waals surface area contributed by atoms with Crippen LogP contribution in [-0.4, -0.2) is 53.4 Å². The normalized spacial score (nSPS) is 25.0. The van der Waals surface area contributed by atoms with Gasteiger partial charge in [0.2, 0.25) is 5.91 Å². The van der Waals surface area contributed by atoms with Crippen molar-refractivity contribution in [1.29, 1.82) is 0 Å². The summed E-state index contributed by atoms with van der Waals surface area (Å²) in [6.07, 6.45) is 0.122. The second-order valence-corrected chi connectivity index (χ2v) is 11.0. The summed E-state index contributed by atoms with van der Waals surface area (Å²) in [6.45, 7) is 0. The first-order valence-electron chi connectivity index (χ1n) is 8.11. The summed E-state index contributed by atoms with van der Waals surface area (Å²) in [7, 11) is -3.16. The fraction of sp³-hybridized carbons (Fsp3) is 0.438.